The Hall–Kier alpha value is -1.54. The summed E-state index contributed by atoms with van der Waals surface area (Å²) in [6.07, 6.45) is 2.16. The van der Waals surface area contributed by atoms with E-state index < -0.39 is 0 Å². The van der Waals surface area contributed by atoms with E-state index in [-0.39, 0.29) is 0 Å². The Labute approximate surface area is 110 Å². The molecule has 1 unspecified atom stereocenters. The Morgan fingerprint density at radius 1 is 1.17 bits per heavy atom. The van der Waals surface area contributed by atoms with Gasteiger partial charge in [0.1, 0.15) is 0 Å². The lowest BCUT2D eigenvalue weighted by atomic mass is 10.1. The minimum absolute atomic E-state index is 0.397. The first-order valence-electron chi connectivity index (χ1n) is 6.65. The number of aromatic nitrogens is 1. The Morgan fingerprint density at radius 2 is 1.94 bits per heavy atom. The summed E-state index contributed by atoms with van der Waals surface area (Å²) >= 11 is 0. The van der Waals surface area contributed by atoms with Crippen LogP contribution in [0.4, 0.5) is 0 Å². The molecule has 1 aromatic heterocycles. The lowest BCUT2D eigenvalue weighted by Gasteiger charge is -2.17. The Balaban J connectivity index is 2.20. The van der Waals surface area contributed by atoms with Crippen molar-refractivity contribution in [1.82, 2.24) is 9.88 Å². The number of benzene rings is 1. The van der Waals surface area contributed by atoms with E-state index in [0.717, 1.165) is 13.1 Å². The highest BCUT2D eigenvalue weighted by Crippen LogP contribution is 2.16. The van der Waals surface area contributed by atoms with Crippen molar-refractivity contribution in [3.63, 3.8) is 0 Å². The highest BCUT2D eigenvalue weighted by molar-refractivity contribution is 5.27. The minimum atomic E-state index is 0.397. The molecule has 0 bridgehead atoms. The first-order valence-corrected chi connectivity index (χ1v) is 6.65. The van der Waals surface area contributed by atoms with Gasteiger partial charge < -0.3 is 9.88 Å². The monoisotopic (exact) mass is 242 g/mol. The van der Waals surface area contributed by atoms with Gasteiger partial charge in [-0.2, -0.15) is 0 Å². The van der Waals surface area contributed by atoms with E-state index in [2.05, 4.69) is 73.3 Å². The van der Waals surface area contributed by atoms with Crippen molar-refractivity contribution in [3.8, 4) is 0 Å². The second-order valence-corrected chi connectivity index (χ2v) is 4.77. The number of rotatable bonds is 5. The van der Waals surface area contributed by atoms with Gasteiger partial charge in [0, 0.05) is 24.5 Å². The third-order valence-electron chi connectivity index (χ3n) is 3.42. The molecule has 0 radical (unpaired) electrons. The van der Waals surface area contributed by atoms with Gasteiger partial charge in [-0.25, -0.2) is 0 Å². The molecule has 0 fully saturated rings. The molecule has 0 aliphatic heterocycles. The molecular formula is C16H22N2. The van der Waals surface area contributed by atoms with Crippen LogP contribution in [0.3, 0.4) is 0 Å². The van der Waals surface area contributed by atoms with Gasteiger partial charge in [0.15, 0.2) is 0 Å². The van der Waals surface area contributed by atoms with Gasteiger partial charge in [-0.1, -0.05) is 31.2 Å². The molecule has 1 N–H and O–H groups in total. The van der Waals surface area contributed by atoms with Gasteiger partial charge in [-0.15, -0.1) is 0 Å². The summed E-state index contributed by atoms with van der Waals surface area (Å²) in [6, 6.07) is 13.3. The van der Waals surface area contributed by atoms with Crippen LogP contribution in [0, 0.1) is 6.92 Å². The van der Waals surface area contributed by atoms with Crippen LogP contribution >= 0.6 is 0 Å². The van der Waals surface area contributed by atoms with Crippen molar-refractivity contribution < 1.29 is 0 Å². The van der Waals surface area contributed by atoms with E-state index in [1.165, 1.54) is 16.8 Å². The van der Waals surface area contributed by atoms with Gasteiger partial charge in [-0.05, 0) is 43.7 Å². The smallest absolute Gasteiger partial charge is 0.0476 e. The maximum atomic E-state index is 3.47. The van der Waals surface area contributed by atoms with E-state index in [1.54, 1.807) is 0 Å². The molecule has 96 valence electrons. The third kappa shape index (κ3) is 2.82. The number of aryl methyl sites for hydroxylation is 1. The number of hydrogen-bond acceptors (Lipinski definition) is 1. The molecule has 0 aliphatic carbocycles. The normalized spacial score (nSPS) is 12.6. The van der Waals surface area contributed by atoms with Gasteiger partial charge >= 0.3 is 0 Å². The number of hydrogen-bond donors (Lipinski definition) is 1. The minimum Gasteiger partial charge on any atom is -0.346 e. The van der Waals surface area contributed by atoms with Gasteiger partial charge in [-0.3, -0.25) is 0 Å². The van der Waals surface area contributed by atoms with Crippen LogP contribution in [0.1, 0.15) is 36.7 Å². The standard InChI is InChI=1S/C16H22N2/c1-4-17-14(3)16-10-7-11-18(16)12-15-9-6-5-8-13(15)2/h5-11,14,17H,4,12H2,1-3H3. The van der Waals surface area contributed by atoms with Gasteiger partial charge in [0.25, 0.3) is 0 Å². The molecule has 0 amide bonds. The lowest BCUT2D eigenvalue weighted by molar-refractivity contribution is 0.553. The largest absolute Gasteiger partial charge is 0.346 e. The molecule has 2 aromatic rings. The van der Waals surface area contributed by atoms with Crippen LogP contribution in [0.5, 0.6) is 0 Å². The van der Waals surface area contributed by atoms with Crippen molar-refractivity contribution in [1.29, 1.82) is 0 Å². The molecular weight excluding hydrogens is 220 g/mol. The zero-order valence-electron chi connectivity index (χ0n) is 11.5. The van der Waals surface area contributed by atoms with Gasteiger partial charge in [0.2, 0.25) is 0 Å². The number of nitrogens with one attached hydrogen (secondary N) is 1. The molecule has 1 aromatic carbocycles. The topological polar surface area (TPSA) is 17.0 Å². The molecule has 0 aliphatic rings. The van der Waals surface area contributed by atoms with Crippen molar-refractivity contribution >= 4 is 0 Å². The summed E-state index contributed by atoms with van der Waals surface area (Å²) < 4.78 is 2.33. The van der Waals surface area contributed by atoms with Crippen molar-refractivity contribution in [2.45, 2.75) is 33.4 Å². The predicted octanol–water partition coefficient (Wildman–Crippen LogP) is 3.52. The molecule has 2 rings (SSSR count). The van der Waals surface area contributed by atoms with Crippen molar-refractivity contribution in [2.24, 2.45) is 0 Å². The zero-order valence-corrected chi connectivity index (χ0v) is 11.5. The molecule has 18 heavy (non-hydrogen) atoms. The van der Waals surface area contributed by atoms with Crippen molar-refractivity contribution in [2.75, 3.05) is 6.54 Å². The summed E-state index contributed by atoms with van der Waals surface area (Å²) in [5.74, 6) is 0. The predicted molar refractivity (Wildman–Crippen MR) is 76.8 cm³/mol. The first-order chi connectivity index (χ1) is 8.72. The molecule has 0 saturated heterocycles. The SMILES string of the molecule is CCNC(C)c1cccn1Cc1ccccc1C. The molecule has 2 heteroatoms. The molecule has 0 saturated carbocycles. The fourth-order valence-electron chi connectivity index (χ4n) is 2.35. The zero-order chi connectivity index (χ0) is 13.0. The Morgan fingerprint density at radius 3 is 2.67 bits per heavy atom. The van der Waals surface area contributed by atoms with E-state index >= 15 is 0 Å². The lowest BCUT2D eigenvalue weighted by Crippen LogP contribution is -2.20. The van der Waals surface area contributed by atoms with E-state index in [1.807, 2.05) is 0 Å². The third-order valence-corrected chi connectivity index (χ3v) is 3.42. The maximum Gasteiger partial charge on any atom is 0.0476 e. The highest BCUT2D eigenvalue weighted by Gasteiger charge is 2.09. The molecule has 0 spiro atoms. The van der Waals surface area contributed by atoms with Crippen LogP contribution in [0.2, 0.25) is 0 Å². The Kier molecular flexibility index (Phi) is 4.21. The maximum absolute atomic E-state index is 3.47. The molecule has 2 nitrogen and oxygen atoms in total. The van der Waals surface area contributed by atoms with E-state index in [0.29, 0.717) is 6.04 Å². The second-order valence-electron chi connectivity index (χ2n) is 4.77. The summed E-state index contributed by atoms with van der Waals surface area (Å²) in [7, 11) is 0. The summed E-state index contributed by atoms with van der Waals surface area (Å²) in [4.78, 5) is 0. The molecule has 1 atom stereocenters. The van der Waals surface area contributed by atoms with Crippen LogP contribution in [0.25, 0.3) is 0 Å². The van der Waals surface area contributed by atoms with Crippen LogP contribution in [-0.2, 0) is 6.54 Å². The fourth-order valence-corrected chi connectivity index (χ4v) is 2.35. The Bertz CT molecular complexity index is 499. The second kappa shape index (κ2) is 5.87. The average Bonchev–Trinajstić information content (AvgIpc) is 2.81. The highest BCUT2D eigenvalue weighted by atomic mass is 15.0. The fraction of sp³-hybridized carbons (Fsp3) is 0.375. The van der Waals surface area contributed by atoms with E-state index in [4.69, 9.17) is 0 Å². The first kappa shape index (κ1) is 12.9. The quantitative estimate of drug-likeness (QED) is 0.849. The van der Waals surface area contributed by atoms with Crippen LogP contribution < -0.4 is 5.32 Å². The van der Waals surface area contributed by atoms with Gasteiger partial charge in [0.05, 0.1) is 0 Å². The summed E-state index contributed by atoms with van der Waals surface area (Å²) in [5.41, 5.74) is 4.09. The molecule has 1 heterocycles. The number of nitrogens with zero attached hydrogens (tertiary/aromatic N) is 1. The average molecular weight is 242 g/mol. The van der Waals surface area contributed by atoms with Crippen LogP contribution in [0.15, 0.2) is 42.6 Å². The summed E-state index contributed by atoms with van der Waals surface area (Å²) in [5, 5.41) is 3.47. The van der Waals surface area contributed by atoms with E-state index in [9.17, 15) is 0 Å². The van der Waals surface area contributed by atoms with Crippen LogP contribution in [-0.4, -0.2) is 11.1 Å². The summed E-state index contributed by atoms with van der Waals surface area (Å²) in [6.45, 7) is 8.48. The van der Waals surface area contributed by atoms with Crippen molar-refractivity contribution in [3.05, 3.63) is 59.4 Å².